The SMILES string of the molecule is O=C(Cc1csc(-c2cccs2)n1)OCN1C(=O)c2ccccc2C1=O. The quantitative estimate of drug-likeness (QED) is 0.499. The summed E-state index contributed by atoms with van der Waals surface area (Å²) in [5.41, 5.74) is 1.26. The molecule has 6 nitrogen and oxygen atoms in total. The number of aromatic nitrogens is 1. The minimum absolute atomic E-state index is 0.00888. The van der Waals surface area contributed by atoms with Gasteiger partial charge in [0, 0.05) is 5.38 Å². The smallest absolute Gasteiger partial charge is 0.313 e. The van der Waals surface area contributed by atoms with Crippen molar-refractivity contribution in [3.05, 3.63) is 64.0 Å². The average Bonchev–Trinajstić information content (AvgIpc) is 3.36. The minimum atomic E-state index is -0.537. The molecule has 0 spiro atoms. The number of esters is 1. The van der Waals surface area contributed by atoms with E-state index in [0.29, 0.717) is 16.8 Å². The molecule has 0 bridgehead atoms. The number of thiazole rings is 1. The Kier molecular flexibility index (Phi) is 4.36. The van der Waals surface area contributed by atoms with Crippen LogP contribution in [0.5, 0.6) is 0 Å². The van der Waals surface area contributed by atoms with Crippen LogP contribution in [0.15, 0.2) is 47.2 Å². The van der Waals surface area contributed by atoms with Crippen LogP contribution < -0.4 is 0 Å². The van der Waals surface area contributed by atoms with Crippen LogP contribution in [0.2, 0.25) is 0 Å². The highest BCUT2D eigenvalue weighted by molar-refractivity contribution is 7.20. The first-order chi connectivity index (χ1) is 12.6. The number of ether oxygens (including phenoxy) is 1. The number of benzene rings is 1. The third kappa shape index (κ3) is 3.04. The summed E-state index contributed by atoms with van der Waals surface area (Å²) in [5.74, 6) is -1.44. The number of fused-ring (bicyclic) bond motifs is 1. The second-order valence-electron chi connectivity index (χ2n) is 5.53. The number of rotatable bonds is 5. The van der Waals surface area contributed by atoms with Gasteiger partial charge in [-0.05, 0) is 23.6 Å². The molecule has 0 N–H and O–H groups in total. The summed E-state index contributed by atoms with van der Waals surface area (Å²) in [6, 6.07) is 10.4. The Hall–Kier alpha value is -2.84. The summed E-state index contributed by atoms with van der Waals surface area (Å²) in [6.45, 7) is -0.396. The zero-order chi connectivity index (χ0) is 18.1. The molecule has 3 heterocycles. The van der Waals surface area contributed by atoms with E-state index in [1.807, 2.05) is 17.5 Å². The summed E-state index contributed by atoms with van der Waals surface area (Å²) >= 11 is 3.04. The fraction of sp³-hybridized carbons (Fsp3) is 0.111. The summed E-state index contributed by atoms with van der Waals surface area (Å²) in [7, 11) is 0. The van der Waals surface area contributed by atoms with Crippen molar-refractivity contribution < 1.29 is 19.1 Å². The van der Waals surface area contributed by atoms with E-state index in [4.69, 9.17) is 4.74 Å². The zero-order valence-electron chi connectivity index (χ0n) is 13.4. The summed E-state index contributed by atoms with van der Waals surface area (Å²) in [6.07, 6.45) is -0.00888. The van der Waals surface area contributed by atoms with Gasteiger partial charge in [0.25, 0.3) is 11.8 Å². The normalized spacial score (nSPS) is 13.2. The lowest BCUT2D eigenvalue weighted by atomic mass is 10.1. The lowest BCUT2D eigenvalue weighted by Crippen LogP contribution is -2.33. The molecule has 26 heavy (non-hydrogen) atoms. The van der Waals surface area contributed by atoms with Gasteiger partial charge >= 0.3 is 5.97 Å². The predicted octanol–water partition coefficient (Wildman–Crippen LogP) is 3.21. The number of carbonyl (C=O) groups is 3. The van der Waals surface area contributed by atoms with Crippen LogP contribution in [0, 0.1) is 0 Å². The Bertz CT molecular complexity index is 959. The van der Waals surface area contributed by atoms with Crippen LogP contribution in [-0.2, 0) is 16.0 Å². The second kappa shape index (κ2) is 6.81. The molecule has 3 aromatic rings. The zero-order valence-corrected chi connectivity index (χ0v) is 15.0. The topological polar surface area (TPSA) is 76.6 Å². The molecule has 0 atom stereocenters. The maximum Gasteiger partial charge on any atom is 0.313 e. The van der Waals surface area contributed by atoms with Crippen molar-refractivity contribution in [1.82, 2.24) is 9.88 Å². The predicted molar refractivity (Wildman–Crippen MR) is 97.0 cm³/mol. The van der Waals surface area contributed by atoms with Gasteiger partial charge in [-0.15, -0.1) is 22.7 Å². The van der Waals surface area contributed by atoms with Gasteiger partial charge in [0.15, 0.2) is 6.73 Å². The third-order valence-corrected chi connectivity index (χ3v) is 5.77. The van der Waals surface area contributed by atoms with Gasteiger partial charge in [0.2, 0.25) is 0 Å². The molecule has 0 saturated carbocycles. The average molecular weight is 384 g/mol. The Labute approximate surface area is 156 Å². The van der Waals surface area contributed by atoms with Crippen molar-refractivity contribution in [1.29, 1.82) is 0 Å². The molecule has 2 aromatic heterocycles. The van der Waals surface area contributed by atoms with Crippen LogP contribution >= 0.6 is 22.7 Å². The minimum Gasteiger partial charge on any atom is -0.443 e. The van der Waals surface area contributed by atoms with Gasteiger partial charge in [-0.1, -0.05) is 18.2 Å². The molecule has 8 heteroatoms. The maximum atomic E-state index is 12.2. The van der Waals surface area contributed by atoms with Crippen LogP contribution in [0.3, 0.4) is 0 Å². The highest BCUT2D eigenvalue weighted by Crippen LogP contribution is 2.28. The number of hydrogen-bond donors (Lipinski definition) is 0. The van der Waals surface area contributed by atoms with E-state index in [1.54, 1.807) is 41.0 Å². The number of thiophene rings is 1. The van der Waals surface area contributed by atoms with Crippen molar-refractivity contribution in [3.8, 4) is 9.88 Å². The van der Waals surface area contributed by atoms with E-state index in [0.717, 1.165) is 14.8 Å². The van der Waals surface area contributed by atoms with Gasteiger partial charge in [-0.2, -0.15) is 0 Å². The lowest BCUT2D eigenvalue weighted by Gasteiger charge is -2.13. The first-order valence-corrected chi connectivity index (χ1v) is 9.48. The number of nitrogens with zero attached hydrogens (tertiary/aromatic N) is 2. The lowest BCUT2D eigenvalue weighted by molar-refractivity contribution is -0.145. The molecule has 130 valence electrons. The van der Waals surface area contributed by atoms with Crippen molar-refractivity contribution >= 4 is 40.5 Å². The Morgan fingerprint density at radius 2 is 1.77 bits per heavy atom. The highest BCUT2D eigenvalue weighted by Gasteiger charge is 2.35. The maximum absolute atomic E-state index is 12.2. The van der Waals surface area contributed by atoms with Gasteiger partial charge in [-0.3, -0.25) is 14.4 Å². The van der Waals surface area contributed by atoms with E-state index in [2.05, 4.69) is 4.98 Å². The molecular weight excluding hydrogens is 372 g/mol. The first-order valence-electron chi connectivity index (χ1n) is 7.72. The van der Waals surface area contributed by atoms with E-state index >= 15 is 0 Å². The summed E-state index contributed by atoms with van der Waals surface area (Å²) in [5, 5.41) is 4.62. The van der Waals surface area contributed by atoms with E-state index < -0.39 is 24.5 Å². The first kappa shape index (κ1) is 16.6. The van der Waals surface area contributed by atoms with Crippen LogP contribution in [0.4, 0.5) is 0 Å². The molecule has 1 aliphatic heterocycles. The molecular formula is C18H12N2O4S2. The molecule has 0 saturated heterocycles. The molecule has 4 rings (SSSR count). The molecule has 1 aliphatic rings. The molecule has 0 radical (unpaired) electrons. The highest BCUT2D eigenvalue weighted by atomic mass is 32.1. The molecule has 0 aliphatic carbocycles. The van der Waals surface area contributed by atoms with Crippen molar-refractivity contribution in [3.63, 3.8) is 0 Å². The van der Waals surface area contributed by atoms with Gasteiger partial charge < -0.3 is 4.74 Å². The Morgan fingerprint density at radius 3 is 2.42 bits per heavy atom. The summed E-state index contributed by atoms with van der Waals surface area (Å²) < 4.78 is 5.11. The van der Waals surface area contributed by atoms with E-state index in [1.165, 1.54) is 11.3 Å². The van der Waals surface area contributed by atoms with Gasteiger partial charge in [-0.25, -0.2) is 9.88 Å². The van der Waals surface area contributed by atoms with Crippen molar-refractivity contribution in [2.75, 3.05) is 6.73 Å². The molecule has 0 unspecified atom stereocenters. The molecule has 0 fully saturated rings. The second-order valence-corrected chi connectivity index (χ2v) is 7.33. The van der Waals surface area contributed by atoms with Gasteiger partial charge in [0.05, 0.1) is 28.1 Å². The third-order valence-electron chi connectivity index (χ3n) is 3.84. The van der Waals surface area contributed by atoms with E-state index in [9.17, 15) is 14.4 Å². The Morgan fingerprint density at radius 1 is 1.04 bits per heavy atom. The van der Waals surface area contributed by atoms with Crippen LogP contribution in [-0.4, -0.2) is 34.4 Å². The van der Waals surface area contributed by atoms with Crippen LogP contribution in [0.1, 0.15) is 26.4 Å². The summed E-state index contributed by atoms with van der Waals surface area (Å²) in [4.78, 5) is 42.9. The Balaban J connectivity index is 1.36. The number of imide groups is 1. The standard InChI is InChI=1S/C18H12N2O4S2/c21-15(8-11-9-26-16(19-11)14-6-3-7-25-14)24-10-20-17(22)12-4-1-2-5-13(12)18(20)23/h1-7,9H,8,10H2. The fourth-order valence-electron chi connectivity index (χ4n) is 2.59. The largest absolute Gasteiger partial charge is 0.443 e. The number of amides is 2. The van der Waals surface area contributed by atoms with Crippen molar-refractivity contribution in [2.45, 2.75) is 6.42 Å². The number of hydrogen-bond acceptors (Lipinski definition) is 7. The number of carbonyl (C=O) groups excluding carboxylic acids is 3. The molecule has 2 amide bonds. The fourth-order valence-corrected chi connectivity index (χ4v) is 4.23. The van der Waals surface area contributed by atoms with Gasteiger partial charge in [0.1, 0.15) is 5.01 Å². The monoisotopic (exact) mass is 384 g/mol. The van der Waals surface area contributed by atoms with Crippen molar-refractivity contribution in [2.24, 2.45) is 0 Å². The molecule has 1 aromatic carbocycles. The van der Waals surface area contributed by atoms with E-state index in [-0.39, 0.29) is 6.42 Å². The van der Waals surface area contributed by atoms with Crippen LogP contribution in [0.25, 0.3) is 9.88 Å².